The van der Waals surface area contributed by atoms with E-state index in [4.69, 9.17) is 11.6 Å². The molecule has 2 heterocycles. The number of carbonyl (C=O) groups excluding carboxylic acids is 2. The maximum atomic E-state index is 12.6. The first kappa shape index (κ1) is 16.5. The summed E-state index contributed by atoms with van der Waals surface area (Å²) in [5.74, 6) is -0.395. The van der Waals surface area contributed by atoms with E-state index in [0.29, 0.717) is 30.2 Å². The van der Waals surface area contributed by atoms with Crippen LogP contribution in [-0.2, 0) is 11.3 Å². The van der Waals surface area contributed by atoms with E-state index < -0.39 is 6.04 Å². The molecule has 1 atom stereocenters. The average Bonchev–Trinajstić information content (AvgIpc) is 3.11. The fraction of sp³-hybridized carbons (Fsp3) is 0.353. The SMILES string of the molecule is CCn1nc(C)cc1C(=O)NC1CCN(c2cccc(Cl)c2)C1=O. The van der Waals surface area contributed by atoms with Gasteiger partial charge in [-0.3, -0.25) is 14.3 Å². The molecule has 0 aliphatic carbocycles. The first-order chi connectivity index (χ1) is 11.5. The summed E-state index contributed by atoms with van der Waals surface area (Å²) in [6.07, 6.45) is 0.566. The van der Waals surface area contributed by atoms with Gasteiger partial charge in [-0.15, -0.1) is 0 Å². The lowest BCUT2D eigenvalue weighted by Gasteiger charge is -2.17. The minimum absolute atomic E-state index is 0.120. The zero-order valence-electron chi connectivity index (χ0n) is 13.6. The molecule has 0 bridgehead atoms. The van der Waals surface area contributed by atoms with E-state index in [1.54, 1.807) is 33.8 Å². The van der Waals surface area contributed by atoms with Crippen LogP contribution in [0.15, 0.2) is 30.3 Å². The van der Waals surface area contributed by atoms with Gasteiger partial charge in [-0.05, 0) is 44.5 Å². The van der Waals surface area contributed by atoms with Crippen LogP contribution in [0.3, 0.4) is 0 Å². The van der Waals surface area contributed by atoms with Crippen LogP contribution < -0.4 is 10.2 Å². The average molecular weight is 347 g/mol. The lowest BCUT2D eigenvalue weighted by molar-refractivity contribution is -0.118. The molecule has 1 aliphatic heterocycles. The summed E-state index contributed by atoms with van der Waals surface area (Å²) in [6.45, 7) is 4.91. The van der Waals surface area contributed by atoms with Gasteiger partial charge < -0.3 is 10.2 Å². The molecule has 1 fully saturated rings. The fourth-order valence-corrected chi connectivity index (χ4v) is 3.10. The van der Waals surface area contributed by atoms with Crippen molar-refractivity contribution in [3.05, 3.63) is 46.7 Å². The van der Waals surface area contributed by atoms with Crippen molar-refractivity contribution in [2.75, 3.05) is 11.4 Å². The number of aryl methyl sites for hydroxylation is 2. The molecule has 2 aromatic rings. The first-order valence-corrected chi connectivity index (χ1v) is 8.29. The summed E-state index contributed by atoms with van der Waals surface area (Å²) in [4.78, 5) is 26.7. The third kappa shape index (κ3) is 3.14. The number of halogens is 1. The van der Waals surface area contributed by atoms with Crippen molar-refractivity contribution in [2.45, 2.75) is 32.9 Å². The van der Waals surface area contributed by atoms with Gasteiger partial charge in [0.1, 0.15) is 11.7 Å². The van der Waals surface area contributed by atoms with Crippen molar-refractivity contribution in [3.63, 3.8) is 0 Å². The van der Waals surface area contributed by atoms with Crippen molar-refractivity contribution in [1.82, 2.24) is 15.1 Å². The number of hydrogen-bond donors (Lipinski definition) is 1. The van der Waals surface area contributed by atoms with E-state index >= 15 is 0 Å². The van der Waals surface area contributed by atoms with Crippen molar-refractivity contribution < 1.29 is 9.59 Å². The second-order valence-corrected chi connectivity index (χ2v) is 6.21. The predicted octanol–water partition coefficient (Wildman–Crippen LogP) is 2.40. The third-order valence-corrected chi connectivity index (χ3v) is 4.30. The van der Waals surface area contributed by atoms with E-state index in [1.807, 2.05) is 19.9 Å². The second kappa shape index (κ2) is 6.65. The summed E-state index contributed by atoms with van der Waals surface area (Å²) in [5.41, 5.74) is 2.00. The fourth-order valence-electron chi connectivity index (χ4n) is 2.92. The molecule has 24 heavy (non-hydrogen) atoms. The van der Waals surface area contributed by atoms with E-state index in [9.17, 15) is 9.59 Å². The topological polar surface area (TPSA) is 67.2 Å². The molecule has 3 rings (SSSR count). The highest BCUT2D eigenvalue weighted by atomic mass is 35.5. The Kier molecular flexibility index (Phi) is 4.57. The van der Waals surface area contributed by atoms with Crippen LogP contribution >= 0.6 is 11.6 Å². The molecule has 6 nitrogen and oxygen atoms in total. The van der Waals surface area contributed by atoms with Gasteiger partial charge in [-0.1, -0.05) is 17.7 Å². The summed E-state index contributed by atoms with van der Waals surface area (Å²) in [7, 11) is 0. The van der Waals surface area contributed by atoms with Crippen LogP contribution in [-0.4, -0.2) is 34.2 Å². The maximum Gasteiger partial charge on any atom is 0.270 e. The monoisotopic (exact) mass is 346 g/mol. The molecule has 2 amide bonds. The Morgan fingerprint density at radius 2 is 2.21 bits per heavy atom. The molecule has 1 N–H and O–H groups in total. The number of anilines is 1. The Balaban J connectivity index is 1.73. The molecule has 126 valence electrons. The molecule has 1 unspecified atom stereocenters. The normalized spacial score (nSPS) is 17.4. The van der Waals surface area contributed by atoms with Crippen molar-refractivity contribution in [1.29, 1.82) is 0 Å². The number of amides is 2. The van der Waals surface area contributed by atoms with Gasteiger partial charge in [0.05, 0.1) is 5.69 Å². The van der Waals surface area contributed by atoms with Crippen LogP contribution in [0.2, 0.25) is 5.02 Å². The Morgan fingerprint density at radius 1 is 1.42 bits per heavy atom. The summed E-state index contributed by atoms with van der Waals surface area (Å²) in [6, 6.07) is 8.35. The van der Waals surface area contributed by atoms with Gasteiger partial charge in [0, 0.05) is 23.8 Å². The number of nitrogens with one attached hydrogen (secondary N) is 1. The lowest BCUT2D eigenvalue weighted by atomic mass is 10.2. The van der Waals surface area contributed by atoms with Crippen molar-refractivity contribution in [2.24, 2.45) is 0 Å². The van der Waals surface area contributed by atoms with Gasteiger partial charge in [-0.2, -0.15) is 5.10 Å². The third-order valence-electron chi connectivity index (χ3n) is 4.07. The van der Waals surface area contributed by atoms with E-state index in [1.165, 1.54) is 0 Å². The largest absolute Gasteiger partial charge is 0.339 e. The molecule has 7 heteroatoms. The quantitative estimate of drug-likeness (QED) is 0.924. The van der Waals surface area contributed by atoms with Crippen molar-refractivity contribution >= 4 is 29.1 Å². The van der Waals surface area contributed by atoms with Crippen molar-refractivity contribution in [3.8, 4) is 0 Å². The molecule has 1 aliphatic rings. The summed E-state index contributed by atoms with van der Waals surface area (Å²) < 4.78 is 1.64. The summed E-state index contributed by atoms with van der Waals surface area (Å²) in [5, 5.41) is 7.66. The molecule has 0 radical (unpaired) electrons. The standard InChI is InChI=1S/C17H19ClN4O2/c1-3-22-15(9-11(2)20-22)16(23)19-14-7-8-21(17(14)24)13-6-4-5-12(18)10-13/h4-6,9-10,14H,3,7-8H2,1-2H3,(H,19,23). The molecule has 0 spiro atoms. The number of nitrogens with zero attached hydrogens (tertiary/aromatic N) is 3. The van der Waals surface area contributed by atoms with E-state index in [0.717, 1.165) is 11.4 Å². The van der Waals surface area contributed by atoms with E-state index in [-0.39, 0.29) is 11.8 Å². The molecule has 1 aromatic carbocycles. The highest BCUT2D eigenvalue weighted by Gasteiger charge is 2.34. The molecule has 1 aromatic heterocycles. The van der Waals surface area contributed by atoms with Gasteiger partial charge >= 0.3 is 0 Å². The predicted molar refractivity (Wildman–Crippen MR) is 92.3 cm³/mol. The Bertz CT molecular complexity index is 787. The van der Waals surface area contributed by atoms with Gasteiger partial charge in [0.2, 0.25) is 5.91 Å². The highest BCUT2D eigenvalue weighted by Crippen LogP contribution is 2.24. The molecular formula is C17H19ClN4O2. The van der Waals surface area contributed by atoms with Crippen LogP contribution in [0, 0.1) is 6.92 Å². The Labute approximate surface area is 145 Å². The number of carbonyl (C=O) groups is 2. The van der Waals surface area contributed by atoms with Crippen LogP contribution in [0.5, 0.6) is 0 Å². The molecule has 1 saturated heterocycles. The lowest BCUT2D eigenvalue weighted by Crippen LogP contribution is -2.42. The minimum atomic E-state index is -0.531. The molecule has 0 saturated carbocycles. The van der Waals surface area contributed by atoms with Crippen LogP contribution in [0.1, 0.15) is 29.5 Å². The number of rotatable bonds is 4. The van der Waals surface area contributed by atoms with E-state index in [2.05, 4.69) is 10.4 Å². The van der Waals surface area contributed by atoms with Gasteiger partial charge in [0.25, 0.3) is 5.91 Å². The Morgan fingerprint density at radius 3 is 2.92 bits per heavy atom. The Hall–Kier alpha value is -2.34. The van der Waals surface area contributed by atoms with Gasteiger partial charge in [-0.25, -0.2) is 0 Å². The molecular weight excluding hydrogens is 328 g/mol. The number of hydrogen-bond acceptors (Lipinski definition) is 3. The highest BCUT2D eigenvalue weighted by molar-refractivity contribution is 6.31. The minimum Gasteiger partial charge on any atom is -0.339 e. The summed E-state index contributed by atoms with van der Waals surface area (Å²) >= 11 is 5.99. The smallest absolute Gasteiger partial charge is 0.270 e. The number of benzene rings is 1. The zero-order valence-corrected chi connectivity index (χ0v) is 14.4. The first-order valence-electron chi connectivity index (χ1n) is 7.92. The van der Waals surface area contributed by atoms with Crippen LogP contribution in [0.4, 0.5) is 5.69 Å². The zero-order chi connectivity index (χ0) is 17.3. The number of aromatic nitrogens is 2. The van der Waals surface area contributed by atoms with Gasteiger partial charge in [0.15, 0.2) is 0 Å². The second-order valence-electron chi connectivity index (χ2n) is 5.77. The van der Waals surface area contributed by atoms with Crippen LogP contribution in [0.25, 0.3) is 0 Å². The maximum absolute atomic E-state index is 12.6.